The minimum atomic E-state index is 0.598. The van der Waals surface area contributed by atoms with E-state index in [4.69, 9.17) is 5.73 Å². The van der Waals surface area contributed by atoms with Crippen LogP contribution in [0.2, 0.25) is 0 Å². The van der Waals surface area contributed by atoms with E-state index in [1.165, 1.54) is 0 Å². The third kappa shape index (κ3) is 5.04. The lowest BCUT2D eigenvalue weighted by atomic mass is 10.3. The molecule has 0 atom stereocenters. The Morgan fingerprint density at radius 1 is 1.67 bits per heavy atom. The summed E-state index contributed by atoms with van der Waals surface area (Å²) in [4.78, 5) is 0. The molecule has 0 amide bonds. The van der Waals surface area contributed by atoms with Crippen LogP contribution in [0.25, 0.3) is 0 Å². The molecule has 50 valence electrons. The van der Waals surface area contributed by atoms with E-state index in [1.54, 1.807) is 6.08 Å². The Labute approximate surface area is 56.6 Å². The van der Waals surface area contributed by atoms with Crippen molar-refractivity contribution in [3.63, 3.8) is 0 Å². The maximum Gasteiger partial charge on any atom is 0.0109 e. The molecule has 0 heterocycles. The van der Waals surface area contributed by atoms with Gasteiger partial charge in [-0.2, -0.15) is 0 Å². The van der Waals surface area contributed by atoms with Gasteiger partial charge >= 0.3 is 0 Å². The molecular weight excluding hydrogens is 110 g/mol. The molecule has 0 saturated carbocycles. The lowest BCUT2D eigenvalue weighted by molar-refractivity contribution is 1.25. The number of hydrogen-bond acceptors (Lipinski definition) is 1. The molecule has 0 aliphatic heterocycles. The molecule has 0 aromatic heterocycles. The third-order valence-electron chi connectivity index (χ3n) is 0.953. The van der Waals surface area contributed by atoms with Crippen LogP contribution >= 0.6 is 0 Å². The Hall–Kier alpha value is -0.820. The molecule has 1 heteroatoms. The lowest BCUT2D eigenvalue weighted by Crippen LogP contribution is -1.91. The highest BCUT2D eigenvalue weighted by Gasteiger charge is 1.71. The third-order valence-corrected chi connectivity index (χ3v) is 0.953. The van der Waals surface area contributed by atoms with Gasteiger partial charge in [-0.3, -0.25) is 0 Å². The number of hydrogen-bond donors (Lipinski definition) is 1. The SMILES string of the molecule is C=C/C(C)=C\C=C\CN. The zero-order valence-electron chi connectivity index (χ0n) is 5.80. The summed E-state index contributed by atoms with van der Waals surface area (Å²) in [5.74, 6) is 0. The highest BCUT2D eigenvalue weighted by Crippen LogP contribution is 1.91. The van der Waals surface area contributed by atoms with Crippen LogP contribution in [0.1, 0.15) is 6.92 Å². The second-order valence-corrected chi connectivity index (χ2v) is 1.78. The number of rotatable bonds is 3. The Morgan fingerprint density at radius 2 is 2.33 bits per heavy atom. The van der Waals surface area contributed by atoms with Crippen molar-refractivity contribution in [1.82, 2.24) is 0 Å². The lowest BCUT2D eigenvalue weighted by Gasteiger charge is -1.82. The van der Waals surface area contributed by atoms with Gasteiger partial charge in [0, 0.05) is 6.54 Å². The normalized spacial score (nSPS) is 12.4. The predicted molar refractivity (Wildman–Crippen MR) is 42.1 cm³/mol. The second-order valence-electron chi connectivity index (χ2n) is 1.78. The van der Waals surface area contributed by atoms with Crippen molar-refractivity contribution in [2.45, 2.75) is 6.92 Å². The van der Waals surface area contributed by atoms with Gasteiger partial charge in [-0.1, -0.05) is 36.5 Å². The summed E-state index contributed by atoms with van der Waals surface area (Å²) >= 11 is 0. The minimum Gasteiger partial charge on any atom is -0.327 e. The standard InChI is InChI=1S/C8H13N/c1-3-8(2)6-4-5-7-9/h3-6H,1,7,9H2,2H3/b5-4+,8-6-. The maximum absolute atomic E-state index is 5.21. The van der Waals surface area contributed by atoms with Crippen molar-refractivity contribution in [3.05, 3.63) is 36.5 Å². The van der Waals surface area contributed by atoms with Gasteiger partial charge in [0.15, 0.2) is 0 Å². The Bertz CT molecular complexity index is 132. The van der Waals surface area contributed by atoms with Gasteiger partial charge in [-0.05, 0) is 6.92 Å². The smallest absolute Gasteiger partial charge is 0.0109 e. The number of allylic oxidation sites excluding steroid dienone is 4. The van der Waals surface area contributed by atoms with Crippen molar-refractivity contribution >= 4 is 0 Å². The summed E-state index contributed by atoms with van der Waals surface area (Å²) in [6.45, 7) is 6.20. The van der Waals surface area contributed by atoms with Gasteiger partial charge in [0.25, 0.3) is 0 Å². The van der Waals surface area contributed by atoms with E-state index in [0.29, 0.717) is 6.54 Å². The molecule has 0 bridgehead atoms. The molecule has 0 spiro atoms. The van der Waals surface area contributed by atoms with Gasteiger partial charge < -0.3 is 5.73 Å². The van der Waals surface area contributed by atoms with Crippen LogP contribution in [0.15, 0.2) is 36.5 Å². The fraction of sp³-hybridized carbons (Fsp3) is 0.250. The quantitative estimate of drug-likeness (QED) is 0.567. The summed E-state index contributed by atoms with van der Waals surface area (Å²) in [6.07, 6.45) is 7.60. The van der Waals surface area contributed by atoms with E-state index in [-0.39, 0.29) is 0 Å². The van der Waals surface area contributed by atoms with E-state index in [0.717, 1.165) is 5.57 Å². The summed E-state index contributed by atoms with van der Waals surface area (Å²) in [6, 6.07) is 0. The van der Waals surface area contributed by atoms with Crippen LogP contribution in [0.4, 0.5) is 0 Å². The molecule has 0 unspecified atom stereocenters. The van der Waals surface area contributed by atoms with Crippen LogP contribution in [-0.2, 0) is 0 Å². The fourth-order valence-corrected chi connectivity index (χ4v) is 0.366. The van der Waals surface area contributed by atoms with Gasteiger partial charge in [-0.15, -0.1) is 0 Å². The van der Waals surface area contributed by atoms with E-state index < -0.39 is 0 Å². The molecule has 0 aromatic rings. The van der Waals surface area contributed by atoms with Crippen molar-refractivity contribution < 1.29 is 0 Å². The maximum atomic E-state index is 5.21. The first-order valence-corrected chi connectivity index (χ1v) is 2.97. The first-order valence-electron chi connectivity index (χ1n) is 2.97. The summed E-state index contributed by atoms with van der Waals surface area (Å²) in [5, 5.41) is 0. The van der Waals surface area contributed by atoms with E-state index in [2.05, 4.69) is 6.58 Å². The van der Waals surface area contributed by atoms with Crippen LogP contribution in [0, 0.1) is 0 Å². The average molecular weight is 123 g/mol. The predicted octanol–water partition coefficient (Wildman–Crippen LogP) is 1.63. The zero-order chi connectivity index (χ0) is 7.11. The Kier molecular flexibility index (Phi) is 4.83. The Morgan fingerprint density at radius 3 is 2.78 bits per heavy atom. The van der Waals surface area contributed by atoms with E-state index in [1.807, 2.05) is 25.2 Å². The van der Waals surface area contributed by atoms with Gasteiger partial charge in [-0.25, -0.2) is 0 Å². The van der Waals surface area contributed by atoms with Crippen LogP contribution < -0.4 is 5.73 Å². The molecule has 9 heavy (non-hydrogen) atoms. The Balaban J connectivity index is 3.68. The molecule has 0 radical (unpaired) electrons. The van der Waals surface area contributed by atoms with E-state index >= 15 is 0 Å². The molecule has 0 aliphatic carbocycles. The average Bonchev–Trinajstić information content (AvgIpc) is 1.89. The van der Waals surface area contributed by atoms with E-state index in [9.17, 15) is 0 Å². The first-order chi connectivity index (χ1) is 4.31. The molecule has 0 fully saturated rings. The highest BCUT2D eigenvalue weighted by molar-refractivity contribution is 5.19. The minimum absolute atomic E-state index is 0.598. The topological polar surface area (TPSA) is 26.0 Å². The van der Waals surface area contributed by atoms with Gasteiger partial charge in [0.05, 0.1) is 0 Å². The fourth-order valence-electron chi connectivity index (χ4n) is 0.366. The highest BCUT2D eigenvalue weighted by atomic mass is 14.5. The molecule has 1 nitrogen and oxygen atoms in total. The monoisotopic (exact) mass is 123 g/mol. The van der Waals surface area contributed by atoms with Crippen molar-refractivity contribution in [2.75, 3.05) is 6.54 Å². The van der Waals surface area contributed by atoms with Crippen molar-refractivity contribution in [1.29, 1.82) is 0 Å². The second kappa shape index (κ2) is 5.32. The van der Waals surface area contributed by atoms with Crippen molar-refractivity contribution in [3.8, 4) is 0 Å². The summed E-state index contributed by atoms with van der Waals surface area (Å²) < 4.78 is 0. The molecular formula is C8H13N. The summed E-state index contributed by atoms with van der Waals surface area (Å²) in [5.41, 5.74) is 6.37. The van der Waals surface area contributed by atoms with Crippen LogP contribution in [-0.4, -0.2) is 6.54 Å². The molecule has 0 aliphatic rings. The molecule has 0 aromatic carbocycles. The molecule has 0 saturated heterocycles. The first kappa shape index (κ1) is 8.18. The zero-order valence-corrected chi connectivity index (χ0v) is 5.80. The van der Waals surface area contributed by atoms with Crippen LogP contribution in [0.5, 0.6) is 0 Å². The van der Waals surface area contributed by atoms with Crippen LogP contribution in [0.3, 0.4) is 0 Å². The number of nitrogens with two attached hydrogens (primary N) is 1. The van der Waals surface area contributed by atoms with Gasteiger partial charge in [0.1, 0.15) is 0 Å². The van der Waals surface area contributed by atoms with Crippen molar-refractivity contribution in [2.24, 2.45) is 5.73 Å². The van der Waals surface area contributed by atoms with Gasteiger partial charge in [0.2, 0.25) is 0 Å². The molecule has 2 N–H and O–H groups in total. The largest absolute Gasteiger partial charge is 0.327 e. The molecule has 0 rings (SSSR count). The summed E-state index contributed by atoms with van der Waals surface area (Å²) in [7, 11) is 0.